The molecule has 0 saturated heterocycles. The lowest BCUT2D eigenvalue weighted by atomic mass is 10.2. The Bertz CT molecular complexity index is 586. The van der Waals surface area contributed by atoms with Crippen LogP contribution in [0.2, 0.25) is 0 Å². The average molecular weight is 302 g/mol. The quantitative estimate of drug-likeness (QED) is 0.793. The molecule has 1 amide bonds. The van der Waals surface area contributed by atoms with Gasteiger partial charge in [0.2, 0.25) is 0 Å². The van der Waals surface area contributed by atoms with Gasteiger partial charge in [0.05, 0.1) is 6.54 Å². The molecule has 118 valence electrons. The molecule has 2 aromatic rings. The van der Waals surface area contributed by atoms with Crippen LogP contribution in [-0.4, -0.2) is 21.7 Å². The number of nitrogens with zero attached hydrogens (tertiary/aromatic N) is 1. The lowest BCUT2D eigenvalue weighted by Crippen LogP contribution is -2.27. The first-order chi connectivity index (χ1) is 10.4. The van der Waals surface area contributed by atoms with Crippen molar-refractivity contribution in [3.63, 3.8) is 0 Å². The summed E-state index contributed by atoms with van der Waals surface area (Å²) in [6.07, 6.45) is 3.08. The fourth-order valence-corrected chi connectivity index (χ4v) is 1.85. The van der Waals surface area contributed by atoms with Crippen molar-refractivity contribution >= 4 is 11.8 Å². The van der Waals surface area contributed by atoms with Crippen LogP contribution in [0.25, 0.3) is 0 Å². The predicted molar refractivity (Wildman–Crippen MR) is 85.4 cm³/mol. The van der Waals surface area contributed by atoms with Crippen molar-refractivity contribution in [2.24, 2.45) is 0 Å². The van der Waals surface area contributed by atoms with Gasteiger partial charge in [0.1, 0.15) is 11.4 Å². The van der Waals surface area contributed by atoms with Gasteiger partial charge in [-0.3, -0.25) is 5.32 Å². The largest absolute Gasteiger partial charge is 0.444 e. The number of rotatable bonds is 5. The smallest absolute Gasteiger partial charge is 0.412 e. The summed E-state index contributed by atoms with van der Waals surface area (Å²) in [7, 11) is 0. The molecule has 0 aliphatic heterocycles. The Morgan fingerprint density at radius 2 is 1.95 bits per heavy atom. The molecule has 6 heteroatoms. The van der Waals surface area contributed by atoms with Crippen molar-refractivity contribution < 1.29 is 9.53 Å². The van der Waals surface area contributed by atoms with Crippen molar-refractivity contribution in [1.82, 2.24) is 15.3 Å². The van der Waals surface area contributed by atoms with Crippen LogP contribution < -0.4 is 10.6 Å². The van der Waals surface area contributed by atoms with E-state index in [1.54, 1.807) is 12.4 Å². The molecular weight excluding hydrogens is 280 g/mol. The number of H-pyrrole nitrogens is 1. The Labute approximate surface area is 130 Å². The highest BCUT2D eigenvalue weighted by Crippen LogP contribution is 2.13. The molecular formula is C16H22N4O2. The second kappa shape index (κ2) is 7.09. The number of aromatic amines is 1. The van der Waals surface area contributed by atoms with Gasteiger partial charge in [0.15, 0.2) is 0 Å². The third-order valence-electron chi connectivity index (χ3n) is 2.78. The summed E-state index contributed by atoms with van der Waals surface area (Å²) in [5, 5.41) is 6.00. The van der Waals surface area contributed by atoms with Crippen LogP contribution in [0.4, 0.5) is 10.5 Å². The van der Waals surface area contributed by atoms with Gasteiger partial charge in [-0.05, 0) is 38.5 Å². The zero-order chi connectivity index (χ0) is 16.0. The normalized spacial score (nSPS) is 11.2. The van der Waals surface area contributed by atoms with Gasteiger partial charge in [-0.2, -0.15) is 0 Å². The third-order valence-corrected chi connectivity index (χ3v) is 2.78. The van der Waals surface area contributed by atoms with E-state index in [1.165, 1.54) is 0 Å². The number of hydrogen-bond donors (Lipinski definition) is 3. The van der Waals surface area contributed by atoms with Crippen LogP contribution in [0.15, 0.2) is 36.7 Å². The van der Waals surface area contributed by atoms with Crippen molar-refractivity contribution in [2.45, 2.75) is 39.5 Å². The van der Waals surface area contributed by atoms with E-state index in [-0.39, 0.29) is 0 Å². The van der Waals surface area contributed by atoms with E-state index in [1.807, 2.05) is 45.0 Å². The highest BCUT2D eigenvalue weighted by atomic mass is 16.6. The van der Waals surface area contributed by atoms with Gasteiger partial charge >= 0.3 is 6.09 Å². The number of benzene rings is 1. The second-order valence-electron chi connectivity index (χ2n) is 5.96. The van der Waals surface area contributed by atoms with Gasteiger partial charge in [-0.1, -0.05) is 12.1 Å². The zero-order valence-corrected chi connectivity index (χ0v) is 13.1. The third kappa shape index (κ3) is 5.57. The van der Waals surface area contributed by atoms with Gasteiger partial charge < -0.3 is 15.0 Å². The molecule has 0 radical (unpaired) electrons. The summed E-state index contributed by atoms with van der Waals surface area (Å²) in [6.45, 7) is 6.92. The molecule has 0 fully saturated rings. The van der Waals surface area contributed by atoms with E-state index in [0.29, 0.717) is 12.2 Å². The Kier molecular flexibility index (Phi) is 5.16. The molecule has 1 aromatic heterocycles. The Morgan fingerprint density at radius 1 is 1.23 bits per heavy atom. The maximum Gasteiger partial charge on any atom is 0.412 e. The van der Waals surface area contributed by atoms with Crippen LogP contribution in [0.5, 0.6) is 0 Å². The maximum absolute atomic E-state index is 11.7. The summed E-state index contributed by atoms with van der Waals surface area (Å²) < 4.78 is 5.21. The monoisotopic (exact) mass is 302 g/mol. The highest BCUT2D eigenvalue weighted by molar-refractivity contribution is 5.84. The van der Waals surface area contributed by atoms with E-state index in [2.05, 4.69) is 20.6 Å². The maximum atomic E-state index is 11.7. The number of hydrogen-bond acceptors (Lipinski definition) is 4. The summed E-state index contributed by atoms with van der Waals surface area (Å²) in [5.74, 6) is 0.906. The van der Waals surface area contributed by atoms with E-state index in [0.717, 1.165) is 17.9 Å². The molecule has 6 nitrogen and oxygen atoms in total. The highest BCUT2D eigenvalue weighted by Gasteiger charge is 2.15. The molecule has 22 heavy (non-hydrogen) atoms. The number of anilines is 1. The number of aromatic nitrogens is 2. The SMILES string of the molecule is CC(C)(C)OC(=O)Nc1ccc(CNCc2ncc[nH]2)cc1. The minimum atomic E-state index is -0.500. The Morgan fingerprint density at radius 3 is 2.55 bits per heavy atom. The summed E-state index contributed by atoms with van der Waals surface area (Å²) in [4.78, 5) is 18.8. The van der Waals surface area contributed by atoms with E-state index in [4.69, 9.17) is 4.74 Å². The molecule has 2 rings (SSSR count). The molecule has 0 spiro atoms. The number of carbonyl (C=O) groups is 1. The lowest BCUT2D eigenvalue weighted by Gasteiger charge is -2.19. The lowest BCUT2D eigenvalue weighted by molar-refractivity contribution is 0.0636. The predicted octanol–water partition coefficient (Wildman–Crippen LogP) is 3.05. The standard InChI is InChI=1S/C16H22N4O2/c1-16(2,3)22-15(21)20-13-6-4-12(5-7-13)10-17-11-14-18-8-9-19-14/h4-9,17H,10-11H2,1-3H3,(H,18,19)(H,20,21). The first-order valence-corrected chi connectivity index (χ1v) is 7.20. The molecule has 0 saturated carbocycles. The van der Waals surface area contributed by atoms with E-state index >= 15 is 0 Å². The van der Waals surface area contributed by atoms with E-state index < -0.39 is 11.7 Å². The number of carbonyl (C=O) groups excluding carboxylic acids is 1. The molecule has 0 atom stereocenters. The Hall–Kier alpha value is -2.34. The van der Waals surface area contributed by atoms with Gasteiger partial charge in [0.25, 0.3) is 0 Å². The van der Waals surface area contributed by atoms with Crippen molar-refractivity contribution in [2.75, 3.05) is 5.32 Å². The zero-order valence-electron chi connectivity index (χ0n) is 13.1. The minimum Gasteiger partial charge on any atom is -0.444 e. The number of imidazole rings is 1. The fourth-order valence-electron chi connectivity index (χ4n) is 1.85. The molecule has 0 unspecified atom stereocenters. The molecule has 3 N–H and O–H groups in total. The topological polar surface area (TPSA) is 79.0 Å². The minimum absolute atomic E-state index is 0.448. The molecule has 1 aromatic carbocycles. The van der Waals surface area contributed by atoms with Crippen molar-refractivity contribution in [3.05, 3.63) is 48.0 Å². The number of amides is 1. The van der Waals surface area contributed by atoms with Gasteiger partial charge in [-0.15, -0.1) is 0 Å². The first-order valence-electron chi connectivity index (χ1n) is 7.20. The van der Waals surface area contributed by atoms with Crippen LogP contribution in [0, 0.1) is 0 Å². The number of nitrogens with one attached hydrogen (secondary N) is 3. The summed E-state index contributed by atoms with van der Waals surface area (Å²) in [5.41, 5.74) is 1.34. The van der Waals surface area contributed by atoms with Crippen molar-refractivity contribution in [1.29, 1.82) is 0 Å². The van der Waals surface area contributed by atoms with Crippen LogP contribution >= 0.6 is 0 Å². The van der Waals surface area contributed by atoms with Crippen LogP contribution in [-0.2, 0) is 17.8 Å². The van der Waals surface area contributed by atoms with Crippen LogP contribution in [0.3, 0.4) is 0 Å². The average Bonchev–Trinajstić information content (AvgIpc) is 2.92. The summed E-state index contributed by atoms with van der Waals surface area (Å²) in [6, 6.07) is 7.63. The number of ether oxygens (including phenoxy) is 1. The summed E-state index contributed by atoms with van der Waals surface area (Å²) >= 11 is 0. The van der Waals surface area contributed by atoms with Gasteiger partial charge in [-0.25, -0.2) is 9.78 Å². The molecule has 0 aliphatic carbocycles. The molecule has 0 aliphatic rings. The first kappa shape index (κ1) is 16.0. The fraction of sp³-hybridized carbons (Fsp3) is 0.375. The molecule has 0 bridgehead atoms. The molecule has 1 heterocycles. The van der Waals surface area contributed by atoms with Crippen LogP contribution in [0.1, 0.15) is 32.2 Å². The van der Waals surface area contributed by atoms with Gasteiger partial charge in [0, 0.05) is 24.6 Å². The second-order valence-corrected chi connectivity index (χ2v) is 5.96. The Balaban J connectivity index is 1.78. The van der Waals surface area contributed by atoms with E-state index in [9.17, 15) is 4.79 Å². The van der Waals surface area contributed by atoms with Crippen molar-refractivity contribution in [3.8, 4) is 0 Å².